The number of pyridine rings is 1. The van der Waals surface area contributed by atoms with E-state index in [1.165, 1.54) is 36.8 Å². The van der Waals surface area contributed by atoms with Crippen LogP contribution in [0.3, 0.4) is 0 Å². The van der Waals surface area contributed by atoms with Crippen LogP contribution in [0.25, 0.3) is 0 Å². The second-order valence-electron chi connectivity index (χ2n) is 7.26. The molecule has 0 unspecified atom stereocenters. The highest BCUT2D eigenvalue weighted by molar-refractivity contribution is 5.79. The van der Waals surface area contributed by atoms with E-state index in [-0.39, 0.29) is 5.41 Å². The maximum Gasteiger partial charge on any atom is 0.191 e. The van der Waals surface area contributed by atoms with Crippen molar-refractivity contribution in [1.29, 1.82) is 0 Å². The van der Waals surface area contributed by atoms with Crippen LogP contribution in [0.5, 0.6) is 0 Å². The van der Waals surface area contributed by atoms with Gasteiger partial charge in [-0.25, -0.2) is 0 Å². The van der Waals surface area contributed by atoms with E-state index in [1.807, 2.05) is 20.2 Å². The van der Waals surface area contributed by atoms with E-state index in [4.69, 9.17) is 0 Å². The Kier molecular flexibility index (Phi) is 6.26. The van der Waals surface area contributed by atoms with Crippen molar-refractivity contribution >= 4 is 5.96 Å². The summed E-state index contributed by atoms with van der Waals surface area (Å²) in [7, 11) is 1.84. The largest absolute Gasteiger partial charge is 0.356 e. The van der Waals surface area contributed by atoms with Gasteiger partial charge in [0.25, 0.3) is 0 Å². The van der Waals surface area contributed by atoms with Crippen molar-refractivity contribution < 1.29 is 0 Å². The Hall–Kier alpha value is -2.36. The third kappa shape index (κ3) is 4.63. The Bertz CT molecular complexity index is 701. The van der Waals surface area contributed by atoms with Crippen LogP contribution < -0.4 is 10.6 Å². The predicted molar refractivity (Wildman–Crippen MR) is 109 cm³/mol. The molecule has 4 heteroatoms. The molecule has 3 rings (SSSR count). The molecule has 2 N–H and O–H groups in total. The molecule has 1 aromatic carbocycles. The summed E-state index contributed by atoms with van der Waals surface area (Å²) < 4.78 is 0. The van der Waals surface area contributed by atoms with E-state index in [9.17, 15) is 0 Å². The molecule has 1 fully saturated rings. The van der Waals surface area contributed by atoms with Crippen LogP contribution in [0.15, 0.2) is 53.7 Å². The minimum Gasteiger partial charge on any atom is -0.356 e. The number of nitrogens with zero attached hydrogens (tertiary/aromatic N) is 2. The summed E-state index contributed by atoms with van der Waals surface area (Å²) in [6.45, 7) is 3.80. The van der Waals surface area contributed by atoms with Crippen molar-refractivity contribution in [3.8, 4) is 0 Å². The van der Waals surface area contributed by atoms with Gasteiger partial charge < -0.3 is 10.6 Å². The molecule has 138 valence electrons. The zero-order valence-electron chi connectivity index (χ0n) is 16.0. The van der Waals surface area contributed by atoms with Crippen LogP contribution in [0.2, 0.25) is 0 Å². The second-order valence-corrected chi connectivity index (χ2v) is 7.26. The van der Waals surface area contributed by atoms with Gasteiger partial charge in [0.05, 0.1) is 0 Å². The molecule has 0 spiro atoms. The quantitative estimate of drug-likeness (QED) is 0.618. The zero-order chi connectivity index (χ0) is 18.2. The van der Waals surface area contributed by atoms with Crippen LogP contribution in [0, 0.1) is 6.92 Å². The van der Waals surface area contributed by atoms with E-state index in [1.54, 1.807) is 0 Å². The predicted octanol–water partition coefficient (Wildman–Crippen LogP) is 3.61. The third-order valence-electron chi connectivity index (χ3n) is 5.44. The second kappa shape index (κ2) is 8.84. The van der Waals surface area contributed by atoms with Crippen LogP contribution in [-0.2, 0) is 11.8 Å². The molecule has 4 nitrogen and oxygen atoms in total. The summed E-state index contributed by atoms with van der Waals surface area (Å²) in [4.78, 5) is 8.75. The van der Waals surface area contributed by atoms with Gasteiger partial charge in [0.1, 0.15) is 0 Å². The van der Waals surface area contributed by atoms with Crippen LogP contribution >= 0.6 is 0 Å². The summed E-state index contributed by atoms with van der Waals surface area (Å²) >= 11 is 0. The van der Waals surface area contributed by atoms with Crippen molar-refractivity contribution in [2.24, 2.45) is 4.99 Å². The van der Waals surface area contributed by atoms with Crippen LogP contribution in [-0.4, -0.2) is 31.1 Å². The number of aryl methyl sites for hydroxylation is 1. The fourth-order valence-electron chi connectivity index (χ4n) is 3.86. The average molecular weight is 351 g/mol. The molecular formula is C22H30N4. The minimum absolute atomic E-state index is 0.236. The van der Waals surface area contributed by atoms with E-state index in [2.05, 4.69) is 63.1 Å². The number of aromatic nitrogens is 1. The van der Waals surface area contributed by atoms with E-state index < -0.39 is 0 Å². The summed E-state index contributed by atoms with van der Waals surface area (Å²) in [6.07, 6.45) is 8.01. The number of nitrogens with one attached hydrogen (secondary N) is 2. The summed E-state index contributed by atoms with van der Waals surface area (Å²) in [5, 5.41) is 7.01. The molecule has 2 aromatic rings. The van der Waals surface area contributed by atoms with Gasteiger partial charge in [0.2, 0.25) is 0 Å². The molecule has 1 aliphatic carbocycles. The van der Waals surface area contributed by atoms with Crippen molar-refractivity contribution in [3.05, 3.63) is 65.5 Å². The lowest BCUT2D eigenvalue weighted by atomic mass is 9.79. The Morgan fingerprint density at radius 1 is 1.08 bits per heavy atom. The number of hydrogen-bond acceptors (Lipinski definition) is 2. The molecule has 0 saturated heterocycles. The summed E-state index contributed by atoms with van der Waals surface area (Å²) in [5.74, 6) is 0.882. The number of hydrogen-bond donors (Lipinski definition) is 2. The third-order valence-corrected chi connectivity index (χ3v) is 5.44. The molecule has 1 aliphatic rings. The highest BCUT2D eigenvalue weighted by Gasteiger charge is 2.35. The van der Waals surface area contributed by atoms with Gasteiger partial charge in [-0.1, -0.05) is 49.2 Å². The Balaban J connectivity index is 1.53. The lowest BCUT2D eigenvalue weighted by molar-refractivity contribution is 0.432. The topological polar surface area (TPSA) is 49.3 Å². The van der Waals surface area contributed by atoms with Crippen LogP contribution in [0.4, 0.5) is 0 Å². The first kappa shape index (κ1) is 18.4. The van der Waals surface area contributed by atoms with Gasteiger partial charge in [0, 0.05) is 37.4 Å². The Morgan fingerprint density at radius 2 is 1.85 bits per heavy atom. The smallest absolute Gasteiger partial charge is 0.191 e. The molecule has 0 amide bonds. The van der Waals surface area contributed by atoms with Crippen molar-refractivity contribution in [3.63, 3.8) is 0 Å². The average Bonchev–Trinajstić information content (AvgIpc) is 3.17. The molecule has 0 bridgehead atoms. The van der Waals surface area contributed by atoms with Crippen molar-refractivity contribution in [1.82, 2.24) is 15.6 Å². The normalized spacial score (nSPS) is 16.5. The molecule has 0 aliphatic heterocycles. The molecule has 0 radical (unpaired) electrons. The van der Waals surface area contributed by atoms with Crippen LogP contribution in [0.1, 0.15) is 42.5 Å². The van der Waals surface area contributed by atoms with E-state index in [0.29, 0.717) is 0 Å². The van der Waals surface area contributed by atoms with Gasteiger partial charge in [-0.05, 0) is 43.4 Å². The van der Waals surface area contributed by atoms with E-state index in [0.717, 1.165) is 31.2 Å². The molecule has 26 heavy (non-hydrogen) atoms. The van der Waals surface area contributed by atoms with Gasteiger partial charge >= 0.3 is 0 Å². The first-order valence-electron chi connectivity index (χ1n) is 9.63. The van der Waals surface area contributed by atoms with Gasteiger partial charge in [-0.15, -0.1) is 0 Å². The fraction of sp³-hybridized carbons (Fsp3) is 0.455. The highest BCUT2D eigenvalue weighted by Crippen LogP contribution is 2.40. The zero-order valence-corrected chi connectivity index (χ0v) is 16.0. The number of rotatable bonds is 6. The molecular weight excluding hydrogens is 320 g/mol. The number of guanidine groups is 1. The van der Waals surface area contributed by atoms with Crippen molar-refractivity contribution in [2.75, 3.05) is 20.1 Å². The highest BCUT2D eigenvalue weighted by atomic mass is 15.2. The first-order chi connectivity index (χ1) is 12.7. The van der Waals surface area contributed by atoms with E-state index >= 15 is 0 Å². The van der Waals surface area contributed by atoms with Gasteiger partial charge in [-0.3, -0.25) is 9.98 Å². The van der Waals surface area contributed by atoms with Crippen molar-refractivity contribution in [2.45, 2.75) is 44.4 Å². The summed E-state index contributed by atoms with van der Waals surface area (Å²) in [6, 6.07) is 15.1. The summed E-state index contributed by atoms with van der Waals surface area (Å²) in [5.41, 5.74) is 3.99. The SMILES string of the molecule is CN=C(NCCc1ccc(C)nc1)NCC1(c2ccccc2)CCCC1. The Labute approximate surface area is 157 Å². The molecule has 0 atom stereocenters. The lowest BCUT2D eigenvalue weighted by Crippen LogP contribution is -2.45. The fourth-order valence-corrected chi connectivity index (χ4v) is 3.86. The molecule has 1 aromatic heterocycles. The van der Waals surface area contributed by atoms with Gasteiger partial charge in [-0.2, -0.15) is 0 Å². The Morgan fingerprint density at radius 3 is 2.50 bits per heavy atom. The number of aliphatic imine (C=N–C) groups is 1. The number of benzene rings is 1. The standard InChI is InChI=1S/C22H30N4/c1-18-10-11-19(16-25-18)12-15-24-21(23-2)26-17-22(13-6-7-14-22)20-8-4-3-5-9-20/h3-5,8-11,16H,6-7,12-15,17H2,1-2H3,(H2,23,24,26). The first-order valence-corrected chi connectivity index (χ1v) is 9.63. The monoisotopic (exact) mass is 350 g/mol. The lowest BCUT2D eigenvalue weighted by Gasteiger charge is -2.30. The molecule has 1 saturated carbocycles. The maximum absolute atomic E-state index is 4.40. The van der Waals surface area contributed by atoms with Gasteiger partial charge in [0.15, 0.2) is 5.96 Å². The molecule has 1 heterocycles. The maximum atomic E-state index is 4.40. The minimum atomic E-state index is 0.236.